The van der Waals surface area contributed by atoms with Crippen molar-refractivity contribution < 1.29 is 10.3 Å². The van der Waals surface area contributed by atoms with Crippen molar-refractivity contribution in [3.05, 3.63) is 71.1 Å². The summed E-state index contributed by atoms with van der Waals surface area (Å²) in [6.45, 7) is 0. The zero-order valence-corrected chi connectivity index (χ0v) is 14.3. The van der Waals surface area contributed by atoms with Gasteiger partial charge in [-0.25, -0.2) is 0 Å². The lowest BCUT2D eigenvalue weighted by molar-refractivity contribution is 0.322. The Bertz CT molecular complexity index is 1160. The van der Waals surface area contributed by atoms with Crippen LogP contribution in [0.15, 0.2) is 65.1 Å². The van der Waals surface area contributed by atoms with Gasteiger partial charge in [0.15, 0.2) is 0 Å². The molecule has 0 saturated carbocycles. The Labute approximate surface area is 153 Å². The summed E-state index contributed by atoms with van der Waals surface area (Å²) in [6, 6.07) is 18.6. The average Bonchev–Trinajstić information content (AvgIpc) is 3.25. The quantitative estimate of drug-likeness (QED) is 0.315. The van der Waals surface area contributed by atoms with Crippen LogP contribution in [-0.4, -0.2) is 21.1 Å². The summed E-state index contributed by atoms with van der Waals surface area (Å²) >= 11 is 1.46. The van der Waals surface area contributed by atoms with Gasteiger partial charge in [-0.05, 0) is 41.8 Å². The summed E-state index contributed by atoms with van der Waals surface area (Å²) < 4.78 is 2.01. The lowest BCUT2D eigenvalue weighted by atomic mass is 10.1. The van der Waals surface area contributed by atoms with Gasteiger partial charge in [-0.3, -0.25) is 0 Å². The lowest BCUT2D eigenvalue weighted by Gasteiger charge is -2.11. The number of thiophene rings is 1. The van der Waals surface area contributed by atoms with E-state index < -0.39 is 0 Å². The number of nitriles is 1. The van der Waals surface area contributed by atoms with Crippen LogP contribution in [0.25, 0.3) is 27.2 Å². The fourth-order valence-corrected chi connectivity index (χ4v) is 4.02. The Hall–Kier alpha value is -3.56. The third-order valence-electron chi connectivity index (χ3n) is 4.21. The average molecular weight is 359 g/mol. The molecule has 2 aromatic heterocycles. The van der Waals surface area contributed by atoms with Gasteiger partial charge in [-0.2, -0.15) is 5.26 Å². The molecule has 4 rings (SSSR count). The predicted molar refractivity (Wildman–Crippen MR) is 102 cm³/mol. The molecule has 0 bridgehead atoms. The highest BCUT2D eigenvalue weighted by molar-refractivity contribution is 7.13. The molecule has 2 heterocycles. The maximum Gasteiger partial charge on any atom is 0.115 e. The van der Waals surface area contributed by atoms with Gasteiger partial charge in [-0.1, -0.05) is 23.4 Å². The summed E-state index contributed by atoms with van der Waals surface area (Å²) in [5.41, 5.74) is 3.83. The molecule has 0 spiro atoms. The van der Waals surface area contributed by atoms with Crippen LogP contribution in [0.1, 0.15) is 11.1 Å². The van der Waals surface area contributed by atoms with Crippen LogP contribution in [0.4, 0.5) is 0 Å². The van der Waals surface area contributed by atoms with Gasteiger partial charge in [0.05, 0.1) is 27.9 Å². The first-order chi connectivity index (χ1) is 12.7. The fourth-order valence-electron chi connectivity index (χ4n) is 3.13. The van der Waals surface area contributed by atoms with Crippen molar-refractivity contribution in [3.8, 4) is 28.1 Å². The molecule has 2 aromatic carbocycles. The minimum atomic E-state index is 0.178. The number of phenols is 1. The molecule has 4 aromatic rings. The molecule has 126 valence electrons. The molecule has 0 atom stereocenters. The molecule has 0 amide bonds. The summed E-state index contributed by atoms with van der Waals surface area (Å²) in [4.78, 5) is 0.798. The molecule has 0 fully saturated rings. The molecule has 0 aliphatic carbocycles. The molecule has 0 unspecified atom stereocenters. The predicted octanol–water partition coefficient (Wildman–Crippen LogP) is 4.74. The number of fused-ring (bicyclic) bond motifs is 1. The molecule has 0 saturated heterocycles. The number of rotatable bonds is 3. The van der Waals surface area contributed by atoms with Crippen molar-refractivity contribution >= 4 is 28.5 Å². The van der Waals surface area contributed by atoms with Crippen LogP contribution < -0.4 is 0 Å². The number of nitrogens with zero attached hydrogens (tertiary/aromatic N) is 3. The Morgan fingerprint density at radius 2 is 1.85 bits per heavy atom. The summed E-state index contributed by atoms with van der Waals surface area (Å²) in [7, 11) is 0. The zero-order valence-electron chi connectivity index (χ0n) is 13.5. The zero-order chi connectivity index (χ0) is 18.1. The van der Waals surface area contributed by atoms with Crippen molar-refractivity contribution in [2.24, 2.45) is 5.16 Å². The maximum absolute atomic E-state index is 9.64. The normalized spacial score (nSPS) is 11.2. The second-order valence-corrected chi connectivity index (χ2v) is 6.57. The summed E-state index contributed by atoms with van der Waals surface area (Å²) in [6.07, 6.45) is 1.40. The van der Waals surface area contributed by atoms with E-state index in [1.807, 2.05) is 46.3 Å². The Balaban J connectivity index is 2.17. The number of phenolic OH excluding ortho intramolecular Hbond substituents is 1. The molecule has 5 nitrogen and oxygen atoms in total. The number of aromatic hydroxyl groups is 1. The standard InChI is InChI=1S/C20H13N3O2S/c21-11-13-9-10-26-20(13)19-17(12-22-25)16-3-1-2-4-18(16)23(19)14-5-7-15(24)8-6-14/h1-10,12,24-25H. The number of benzene rings is 2. The fraction of sp³-hybridized carbons (Fsp3) is 0. The minimum absolute atomic E-state index is 0.178. The molecular weight excluding hydrogens is 346 g/mol. The Kier molecular flexibility index (Phi) is 3.92. The van der Waals surface area contributed by atoms with Gasteiger partial charge in [0.2, 0.25) is 0 Å². The van der Waals surface area contributed by atoms with Crippen LogP contribution in [0.3, 0.4) is 0 Å². The van der Waals surface area contributed by atoms with E-state index in [9.17, 15) is 15.6 Å². The van der Waals surface area contributed by atoms with E-state index in [0.29, 0.717) is 5.56 Å². The SMILES string of the molecule is N#Cc1ccsc1-c1c(C=NO)c2ccccc2n1-c1ccc(O)cc1. The van der Waals surface area contributed by atoms with E-state index in [2.05, 4.69) is 11.2 Å². The first-order valence-electron chi connectivity index (χ1n) is 7.83. The molecular formula is C20H13N3O2S. The highest BCUT2D eigenvalue weighted by Gasteiger charge is 2.22. The van der Waals surface area contributed by atoms with Gasteiger partial charge >= 0.3 is 0 Å². The highest BCUT2D eigenvalue weighted by Crippen LogP contribution is 2.39. The van der Waals surface area contributed by atoms with E-state index in [4.69, 9.17) is 0 Å². The monoisotopic (exact) mass is 359 g/mol. The number of aromatic nitrogens is 1. The molecule has 2 N–H and O–H groups in total. The Morgan fingerprint density at radius 3 is 2.58 bits per heavy atom. The van der Waals surface area contributed by atoms with Crippen LogP contribution >= 0.6 is 11.3 Å². The first-order valence-corrected chi connectivity index (χ1v) is 8.71. The maximum atomic E-state index is 9.64. The van der Waals surface area contributed by atoms with E-state index in [1.165, 1.54) is 17.6 Å². The van der Waals surface area contributed by atoms with Gasteiger partial charge in [0.25, 0.3) is 0 Å². The van der Waals surface area contributed by atoms with Crippen LogP contribution in [0.5, 0.6) is 5.75 Å². The summed E-state index contributed by atoms with van der Waals surface area (Å²) in [5, 5.41) is 34.4. The van der Waals surface area contributed by atoms with E-state index >= 15 is 0 Å². The number of para-hydroxylation sites is 1. The van der Waals surface area contributed by atoms with Crippen molar-refractivity contribution in [3.63, 3.8) is 0 Å². The summed E-state index contributed by atoms with van der Waals surface area (Å²) in [5.74, 6) is 0.178. The third kappa shape index (κ3) is 2.42. The topological polar surface area (TPSA) is 81.5 Å². The number of hydrogen-bond donors (Lipinski definition) is 2. The first kappa shape index (κ1) is 15.9. The smallest absolute Gasteiger partial charge is 0.115 e. The van der Waals surface area contributed by atoms with E-state index in [-0.39, 0.29) is 5.75 Å². The van der Waals surface area contributed by atoms with Crippen molar-refractivity contribution in [1.82, 2.24) is 4.57 Å². The molecule has 6 heteroatoms. The second-order valence-electron chi connectivity index (χ2n) is 5.65. The molecule has 0 aliphatic heterocycles. The minimum Gasteiger partial charge on any atom is -0.508 e. The van der Waals surface area contributed by atoms with Crippen molar-refractivity contribution in [1.29, 1.82) is 5.26 Å². The van der Waals surface area contributed by atoms with Gasteiger partial charge in [0.1, 0.15) is 11.8 Å². The second kappa shape index (κ2) is 6.39. The lowest BCUT2D eigenvalue weighted by Crippen LogP contribution is -1.98. The van der Waals surface area contributed by atoms with E-state index in [0.717, 1.165) is 32.7 Å². The van der Waals surface area contributed by atoms with Crippen molar-refractivity contribution in [2.45, 2.75) is 0 Å². The van der Waals surface area contributed by atoms with Crippen LogP contribution in [0.2, 0.25) is 0 Å². The Morgan fingerprint density at radius 1 is 1.08 bits per heavy atom. The van der Waals surface area contributed by atoms with E-state index in [1.54, 1.807) is 18.2 Å². The van der Waals surface area contributed by atoms with Crippen molar-refractivity contribution in [2.75, 3.05) is 0 Å². The molecule has 0 aliphatic rings. The largest absolute Gasteiger partial charge is 0.508 e. The number of hydrogen-bond acceptors (Lipinski definition) is 5. The highest BCUT2D eigenvalue weighted by atomic mass is 32.1. The third-order valence-corrected chi connectivity index (χ3v) is 5.13. The van der Waals surface area contributed by atoms with Gasteiger partial charge < -0.3 is 14.9 Å². The van der Waals surface area contributed by atoms with Gasteiger partial charge in [-0.15, -0.1) is 11.3 Å². The molecule has 0 radical (unpaired) electrons. The van der Waals surface area contributed by atoms with Gasteiger partial charge in [0, 0.05) is 16.6 Å². The molecule has 26 heavy (non-hydrogen) atoms. The van der Waals surface area contributed by atoms with Crippen LogP contribution in [-0.2, 0) is 0 Å². The van der Waals surface area contributed by atoms with Crippen LogP contribution in [0, 0.1) is 11.3 Å². The number of oxime groups is 1.